The number of urea groups is 1. The fraction of sp³-hybridized carbons (Fsp3) is 0. The van der Waals surface area contributed by atoms with Gasteiger partial charge in [-0.05, 0) is 30.3 Å². The van der Waals surface area contributed by atoms with E-state index in [1.807, 2.05) is 0 Å². The molecule has 0 aliphatic heterocycles. The number of benzene rings is 2. The predicted molar refractivity (Wildman–Crippen MR) is 80.0 cm³/mol. The molecule has 0 bridgehead atoms. The number of halogens is 2. The van der Waals surface area contributed by atoms with Gasteiger partial charge in [0.25, 0.3) is 0 Å². The number of carbonyl (C=O) groups is 1. The van der Waals surface area contributed by atoms with Gasteiger partial charge in [0, 0.05) is 11.4 Å². The number of hydrogen-bond acceptors (Lipinski definition) is 2. The van der Waals surface area contributed by atoms with Gasteiger partial charge in [0.05, 0.1) is 15.7 Å². The summed E-state index contributed by atoms with van der Waals surface area (Å²) in [5.74, 6) is 0. The fourth-order valence-corrected chi connectivity index (χ4v) is 2.00. The third kappa shape index (κ3) is 3.53. The molecule has 0 aliphatic carbocycles. The van der Waals surface area contributed by atoms with Crippen molar-refractivity contribution in [3.63, 3.8) is 0 Å². The van der Waals surface area contributed by atoms with Crippen molar-refractivity contribution in [2.24, 2.45) is 0 Å². The minimum absolute atomic E-state index is 0.368. The van der Waals surface area contributed by atoms with Crippen molar-refractivity contribution in [2.75, 3.05) is 16.4 Å². The van der Waals surface area contributed by atoms with E-state index in [1.54, 1.807) is 42.5 Å². The van der Waals surface area contributed by atoms with Gasteiger partial charge < -0.3 is 16.4 Å². The highest BCUT2D eigenvalue weighted by atomic mass is 35.5. The summed E-state index contributed by atoms with van der Waals surface area (Å²) in [5.41, 5.74) is 7.14. The van der Waals surface area contributed by atoms with E-state index < -0.39 is 6.03 Å². The van der Waals surface area contributed by atoms with Crippen molar-refractivity contribution < 1.29 is 4.79 Å². The molecule has 0 radical (unpaired) electrons. The normalized spacial score (nSPS) is 10.0. The molecule has 0 saturated heterocycles. The van der Waals surface area contributed by atoms with E-state index in [1.165, 1.54) is 0 Å². The fourth-order valence-electron chi connectivity index (χ4n) is 1.51. The number of nitrogens with one attached hydrogen (secondary N) is 2. The molecule has 0 saturated carbocycles. The summed E-state index contributed by atoms with van der Waals surface area (Å²) < 4.78 is 0. The van der Waals surface area contributed by atoms with Crippen molar-refractivity contribution in [1.29, 1.82) is 0 Å². The summed E-state index contributed by atoms with van der Waals surface area (Å²) in [7, 11) is 0. The molecule has 6 heteroatoms. The van der Waals surface area contributed by atoms with Gasteiger partial charge >= 0.3 is 6.03 Å². The smallest absolute Gasteiger partial charge is 0.323 e. The molecule has 2 rings (SSSR count). The summed E-state index contributed by atoms with van der Waals surface area (Å²) in [4.78, 5) is 11.8. The van der Waals surface area contributed by atoms with Crippen LogP contribution in [0.1, 0.15) is 0 Å². The van der Waals surface area contributed by atoms with Crippen LogP contribution in [0.25, 0.3) is 0 Å². The number of rotatable bonds is 2. The Bertz CT molecular complexity index is 596. The van der Waals surface area contributed by atoms with E-state index in [-0.39, 0.29) is 0 Å². The highest BCUT2D eigenvalue weighted by Gasteiger charge is 2.09. The first kappa shape index (κ1) is 13.5. The number of nitrogens with two attached hydrogens (primary N) is 1. The number of nitrogen functional groups attached to an aromatic ring is 1. The lowest BCUT2D eigenvalue weighted by molar-refractivity contribution is 0.262. The topological polar surface area (TPSA) is 67.1 Å². The lowest BCUT2D eigenvalue weighted by atomic mass is 10.3. The first-order valence-electron chi connectivity index (χ1n) is 5.44. The first-order chi connectivity index (χ1) is 9.06. The zero-order valence-electron chi connectivity index (χ0n) is 9.78. The minimum atomic E-state index is -0.444. The summed E-state index contributed by atoms with van der Waals surface area (Å²) in [6.07, 6.45) is 0. The van der Waals surface area contributed by atoms with Crippen molar-refractivity contribution in [3.8, 4) is 0 Å². The van der Waals surface area contributed by atoms with Crippen molar-refractivity contribution in [2.45, 2.75) is 0 Å². The number of para-hydroxylation sites is 1. The maximum atomic E-state index is 11.8. The zero-order valence-corrected chi connectivity index (χ0v) is 11.3. The third-order valence-corrected chi connectivity index (χ3v) is 2.98. The molecule has 19 heavy (non-hydrogen) atoms. The first-order valence-corrected chi connectivity index (χ1v) is 6.19. The Kier molecular flexibility index (Phi) is 4.14. The molecule has 0 atom stereocenters. The highest BCUT2D eigenvalue weighted by Crippen LogP contribution is 2.29. The molecule has 0 heterocycles. The molecule has 0 aliphatic rings. The monoisotopic (exact) mass is 295 g/mol. The van der Waals surface area contributed by atoms with Crippen molar-refractivity contribution in [3.05, 3.63) is 52.5 Å². The van der Waals surface area contributed by atoms with Crippen LogP contribution in [0.5, 0.6) is 0 Å². The summed E-state index contributed by atoms with van der Waals surface area (Å²) in [5, 5.41) is 5.97. The molecule has 0 aromatic heterocycles. The predicted octanol–water partition coefficient (Wildman–Crippen LogP) is 4.22. The molecule has 4 N–H and O–H groups in total. The van der Waals surface area contributed by atoms with Crippen LogP contribution in [0.15, 0.2) is 42.5 Å². The van der Waals surface area contributed by atoms with Gasteiger partial charge in [-0.15, -0.1) is 0 Å². The van der Waals surface area contributed by atoms with E-state index >= 15 is 0 Å². The average molecular weight is 296 g/mol. The Balaban J connectivity index is 2.10. The van der Waals surface area contributed by atoms with E-state index in [0.29, 0.717) is 27.1 Å². The van der Waals surface area contributed by atoms with Crippen LogP contribution in [0.2, 0.25) is 10.0 Å². The van der Waals surface area contributed by atoms with Crippen molar-refractivity contribution in [1.82, 2.24) is 0 Å². The third-order valence-electron chi connectivity index (χ3n) is 2.35. The highest BCUT2D eigenvalue weighted by molar-refractivity contribution is 6.39. The van der Waals surface area contributed by atoms with Crippen LogP contribution >= 0.6 is 23.2 Å². The second-order valence-electron chi connectivity index (χ2n) is 3.80. The van der Waals surface area contributed by atoms with Crippen molar-refractivity contribution >= 4 is 46.3 Å². The maximum absolute atomic E-state index is 11.8. The van der Waals surface area contributed by atoms with Gasteiger partial charge in [-0.1, -0.05) is 35.3 Å². The number of amides is 2. The quantitative estimate of drug-likeness (QED) is 0.726. The van der Waals surface area contributed by atoms with E-state index in [0.717, 1.165) is 0 Å². The van der Waals surface area contributed by atoms with E-state index in [2.05, 4.69) is 10.6 Å². The van der Waals surface area contributed by atoms with Gasteiger partial charge in [-0.2, -0.15) is 0 Å². The number of hydrogen-bond donors (Lipinski definition) is 3. The summed E-state index contributed by atoms with van der Waals surface area (Å²) in [6, 6.07) is 11.4. The van der Waals surface area contributed by atoms with Gasteiger partial charge in [0.15, 0.2) is 0 Å². The van der Waals surface area contributed by atoms with Crippen LogP contribution in [0.3, 0.4) is 0 Å². The molecule has 2 aromatic rings. The number of carbonyl (C=O) groups excluding carboxylic acids is 1. The molecule has 0 unspecified atom stereocenters. The summed E-state index contributed by atoms with van der Waals surface area (Å²) in [6.45, 7) is 0. The Labute approximate surface area is 120 Å². The van der Waals surface area contributed by atoms with Crippen LogP contribution in [0, 0.1) is 0 Å². The number of anilines is 3. The Morgan fingerprint density at radius 3 is 2.26 bits per heavy atom. The Hall–Kier alpha value is -1.91. The molecule has 2 amide bonds. The lowest BCUT2D eigenvalue weighted by Crippen LogP contribution is -2.19. The van der Waals surface area contributed by atoms with E-state index in [4.69, 9.17) is 28.9 Å². The van der Waals surface area contributed by atoms with Crippen LogP contribution in [-0.4, -0.2) is 6.03 Å². The Morgan fingerprint density at radius 2 is 1.63 bits per heavy atom. The average Bonchev–Trinajstić information content (AvgIpc) is 2.34. The van der Waals surface area contributed by atoms with Crippen LogP contribution < -0.4 is 16.4 Å². The minimum Gasteiger partial charge on any atom is -0.399 e. The standard InChI is InChI=1S/C13H11Cl2N3O/c14-10-5-2-6-11(15)12(10)18-13(19)17-9-4-1-3-8(16)7-9/h1-7H,16H2,(H2,17,18,19). The molecule has 2 aromatic carbocycles. The van der Waals surface area contributed by atoms with Crippen LogP contribution in [-0.2, 0) is 0 Å². The van der Waals surface area contributed by atoms with Gasteiger partial charge in [-0.25, -0.2) is 4.79 Å². The molecule has 98 valence electrons. The van der Waals surface area contributed by atoms with Gasteiger partial charge in [-0.3, -0.25) is 0 Å². The molecule has 4 nitrogen and oxygen atoms in total. The largest absolute Gasteiger partial charge is 0.399 e. The second-order valence-corrected chi connectivity index (χ2v) is 4.62. The molecule has 0 fully saturated rings. The lowest BCUT2D eigenvalue weighted by Gasteiger charge is -2.10. The molecular weight excluding hydrogens is 285 g/mol. The second kappa shape index (κ2) is 5.82. The van der Waals surface area contributed by atoms with E-state index in [9.17, 15) is 4.79 Å². The zero-order chi connectivity index (χ0) is 13.8. The Morgan fingerprint density at radius 1 is 1.00 bits per heavy atom. The SMILES string of the molecule is Nc1cccc(NC(=O)Nc2c(Cl)cccc2Cl)c1. The molecule has 0 spiro atoms. The maximum Gasteiger partial charge on any atom is 0.323 e. The van der Waals surface area contributed by atoms with Crippen LogP contribution in [0.4, 0.5) is 21.9 Å². The van der Waals surface area contributed by atoms with Gasteiger partial charge in [0.1, 0.15) is 0 Å². The van der Waals surface area contributed by atoms with Gasteiger partial charge in [0.2, 0.25) is 0 Å². The summed E-state index contributed by atoms with van der Waals surface area (Å²) >= 11 is 11.9. The molecular formula is C13H11Cl2N3O.